The lowest BCUT2D eigenvalue weighted by Crippen LogP contribution is -2.09. The van der Waals surface area contributed by atoms with Crippen molar-refractivity contribution in [3.8, 4) is 17.0 Å². The molecule has 4 nitrogen and oxygen atoms in total. The third-order valence-electron chi connectivity index (χ3n) is 3.37. The maximum atomic E-state index is 12.4. The molecular weight excluding hydrogens is 278 g/mol. The van der Waals surface area contributed by atoms with Crippen LogP contribution in [0.1, 0.15) is 36.5 Å². The zero-order chi connectivity index (χ0) is 15.8. The maximum Gasteiger partial charge on any atom is 0.338 e. The number of hydrogen-bond acceptors (Lipinski definition) is 4. The summed E-state index contributed by atoms with van der Waals surface area (Å²) in [5.41, 5.74) is 1.85. The first-order valence-corrected chi connectivity index (χ1v) is 7.53. The summed E-state index contributed by atoms with van der Waals surface area (Å²) in [7, 11) is 1.58. The Bertz CT molecular complexity index is 611. The van der Waals surface area contributed by atoms with Gasteiger partial charge in [-0.2, -0.15) is 0 Å². The first-order chi connectivity index (χ1) is 10.8. The fraction of sp³-hybridized carbons (Fsp3) is 0.333. The molecule has 0 atom stereocenters. The van der Waals surface area contributed by atoms with Gasteiger partial charge >= 0.3 is 5.97 Å². The summed E-state index contributed by atoms with van der Waals surface area (Å²) in [6, 6.07) is 10.9. The van der Waals surface area contributed by atoms with E-state index in [1.54, 1.807) is 25.4 Å². The molecule has 1 aromatic carbocycles. The summed E-state index contributed by atoms with van der Waals surface area (Å²) in [6.45, 7) is 2.55. The van der Waals surface area contributed by atoms with Crippen molar-refractivity contribution in [3.05, 3.63) is 48.2 Å². The second kappa shape index (κ2) is 8.17. The summed E-state index contributed by atoms with van der Waals surface area (Å²) < 4.78 is 10.8. The summed E-state index contributed by atoms with van der Waals surface area (Å²) >= 11 is 0. The second-order valence-electron chi connectivity index (χ2n) is 4.94. The van der Waals surface area contributed by atoms with Crippen LogP contribution in [0.15, 0.2) is 42.6 Å². The highest BCUT2D eigenvalue weighted by atomic mass is 16.5. The Kier molecular flexibility index (Phi) is 5.95. The van der Waals surface area contributed by atoms with Crippen LogP contribution in [-0.2, 0) is 4.74 Å². The van der Waals surface area contributed by atoms with Crippen LogP contribution in [0, 0.1) is 0 Å². The number of pyridine rings is 1. The number of hydrogen-bond donors (Lipinski definition) is 0. The molecule has 2 aromatic rings. The molecule has 0 aliphatic heterocycles. The predicted molar refractivity (Wildman–Crippen MR) is 86.0 cm³/mol. The SMILES string of the molecule is CCCCCOC(=O)c1cccc(OC)c1-c1ccccn1. The monoisotopic (exact) mass is 299 g/mol. The largest absolute Gasteiger partial charge is 0.496 e. The molecule has 22 heavy (non-hydrogen) atoms. The van der Waals surface area contributed by atoms with Gasteiger partial charge in [0.15, 0.2) is 0 Å². The average molecular weight is 299 g/mol. The second-order valence-corrected chi connectivity index (χ2v) is 4.94. The van der Waals surface area contributed by atoms with Gasteiger partial charge in [0, 0.05) is 6.20 Å². The number of esters is 1. The first-order valence-electron chi connectivity index (χ1n) is 7.53. The minimum absolute atomic E-state index is 0.337. The molecule has 0 aliphatic rings. The van der Waals surface area contributed by atoms with E-state index in [2.05, 4.69) is 11.9 Å². The van der Waals surface area contributed by atoms with Gasteiger partial charge < -0.3 is 9.47 Å². The van der Waals surface area contributed by atoms with Crippen molar-refractivity contribution in [1.82, 2.24) is 4.98 Å². The van der Waals surface area contributed by atoms with E-state index in [-0.39, 0.29) is 5.97 Å². The van der Waals surface area contributed by atoms with E-state index >= 15 is 0 Å². The Labute approximate surface area is 131 Å². The molecule has 0 unspecified atom stereocenters. The Hall–Kier alpha value is -2.36. The summed E-state index contributed by atoms with van der Waals surface area (Å²) in [4.78, 5) is 16.7. The van der Waals surface area contributed by atoms with Gasteiger partial charge in [-0.05, 0) is 30.7 Å². The third-order valence-corrected chi connectivity index (χ3v) is 3.37. The van der Waals surface area contributed by atoms with Crippen molar-refractivity contribution in [2.24, 2.45) is 0 Å². The number of carbonyl (C=O) groups is 1. The molecule has 0 bridgehead atoms. The molecule has 2 rings (SSSR count). The van der Waals surface area contributed by atoms with Crippen molar-refractivity contribution < 1.29 is 14.3 Å². The van der Waals surface area contributed by atoms with Gasteiger partial charge in [-0.15, -0.1) is 0 Å². The number of nitrogens with zero attached hydrogens (tertiary/aromatic N) is 1. The summed E-state index contributed by atoms with van der Waals surface area (Å²) in [5.74, 6) is 0.275. The minimum Gasteiger partial charge on any atom is -0.496 e. The molecule has 0 saturated heterocycles. The Morgan fingerprint density at radius 1 is 1.14 bits per heavy atom. The van der Waals surface area contributed by atoms with Crippen molar-refractivity contribution in [3.63, 3.8) is 0 Å². The van der Waals surface area contributed by atoms with Gasteiger partial charge in [-0.25, -0.2) is 4.79 Å². The van der Waals surface area contributed by atoms with Crippen LogP contribution in [0.2, 0.25) is 0 Å². The van der Waals surface area contributed by atoms with Crippen LogP contribution < -0.4 is 4.74 Å². The van der Waals surface area contributed by atoms with Crippen LogP contribution in [0.25, 0.3) is 11.3 Å². The van der Waals surface area contributed by atoms with E-state index in [0.717, 1.165) is 19.3 Å². The summed E-state index contributed by atoms with van der Waals surface area (Å²) in [6.07, 6.45) is 4.72. The highest BCUT2D eigenvalue weighted by Crippen LogP contribution is 2.32. The topological polar surface area (TPSA) is 48.4 Å². The van der Waals surface area contributed by atoms with Gasteiger partial charge in [0.05, 0.1) is 30.5 Å². The number of carbonyl (C=O) groups excluding carboxylic acids is 1. The molecule has 0 spiro atoms. The Morgan fingerprint density at radius 2 is 2.00 bits per heavy atom. The smallest absolute Gasteiger partial charge is 0.338 e. The number of ether oxygens (including phenoxy) is 2. The summed E-state index contributed by atoms with van der Waals surface area (Å²) in [5, 5.41) is 0. The Balaban J connectivity index is 2.29. The molecule has 0 amide bonds. The van der Waals surface area contributed by atoms with Crippen molar-refractivity contribution >= 4 is 5.97 Å². The van der Waals surface area contributed by atoms with Gasteiger partial charge in [0.1, 0.15) is 5.75 Å². The Morgan fingerprint density at radius 3 is 2.68 bits per heavy atom. The van der Waals surface area contributed by atoms with E-state index in [1.165, 1.54) is 0 Å². The standard InChI is InChI=1S/C18H21NO3/c1-3-4-7-13-22-18(20)14-9-8-11-16(21-2)17(14)15-10-5-6-12-19-15/h5-6,8-12H,3-4,7,13H2,1-2H3. The van der Waals surface area contributed by atoms with Crippen molar-refractivity contribution in [2.75, 3.05) is 13.7 Å². The zero-order valence-electron chi connectivity index (χ0n) is 13.0. The number of aromatic nitrogens is 1. The fourth-order valence-corrected chi connectivity index (χ4v) is 2.24. The van der Waals surface area contributed by atoms with Crippen LogP contribution in [0.3, 0.4) is 0 Å². The van der Waals surface area contributed by atoms with Gasteiger partial charge in [-0.3, -0.25) is 4.98 Å². The highest BCUT2D eigenvalue weighted by Gasteiger charge is 2.19. The molecular formula is C18H21NO3. The molecule has 1 aromatic heterocycles. The minimum atomic E-state index is -0.337. The maximum absolute atomic E-state index is 12.4. The van der Waals surface area contributed by atoms with E-state index in [0.29, 0.717) is 29.2 Å². The lowest BCUT2D eigenvalue weighted by molar-refractivity contribution is 0.0498. The van der Waals surface area contributed by atoms with Gasteiger partial charge in [0.2, 0.25) is 0 Å². The molecule has 0 aliphatic carbocycles. The number of rotatable bonds is 7. The van der Waals surface area contributed by atoms with Crippen molar-refractivity contribution in [1.29, 1.82) is 0 Å². The quantitative estimate of drug-likeness (QED) is 0.570. The number of unbranched alkanes of at least 4 members (excludes halogenated alkanes) is 2. The molecule has 1 heterocycles. The third kappa shape index (κ3) is 3.85. The first kappa shape index (κ1) is 16.0. The molecule has 4 heteroatoms. The molecule has 0 saturated carbocycles. The lowest BCUT2D eigenvalue weighted by atomic mass is 10.0. The van der Waals surface area contributed by atoms with Crippen LogP contribution in [0.4, 0.5) is 0 Å². The van der Waals surface area contributed by atoms with Gasteiger partial charge in [0.25, 0.3) is 0 Å². The van der Waals surface area contributed by atoms with E-state index in [9.17, 15) is 4.79 Å². The molecule has 0 fully saturated rings. The predicted octanol–water partition coefficient (Wildman–Crippen LogP) is 4.10. The molecule has 116 valence electrons. The van der Waals surface area contributed by atoms with Crippen LogP contribution >= 0.6 is 0 Å². The van der Waals surface area contributed by atoms with E-state index in [1.807, 2.05) is 24.3 Å². The van der Waals surface area contributed by atoms with Crippen molar-refractivity contribution in [2.45, 2.75) is 26.2 Å². The average Bonchev–Trinajstić information content (AvgIpc) is 2.58. The van der Waals surface area contributed by atoms with Crippen LogP contribution in [-0.4, -0.2) is 24.7 Å². The van der Waals surface area contributed by atoms with E-state index in [4.69, 9.17) is 9.47 Å². The lowest BCUT2D eigenvalue weighted by Gasteiger charge is -2.13. The molecule has 0 radical (unpaired) electrons. The fourth-order valence-electron chi connectivity index (χ4n) is 2.24. The highest BCUT2D eigenvalue weighted by molar-refractivity contribution is 5.98. The zero-order valence-corrected chi connectivity index (χ0v) is 13.0. The van der Waals surface area contributed by atoms with Gasteiger partial charge in [-0.1, -0.05) is 31.9 Å². The number of methoxy groups -OCH3 is 1. The number of benzene rings is 1. The van der Waals surface area contributed by atoms with Crippen LogP contribution in [0.5, 0.6) is 5.75 Å². The normalized spacial score (nSPS) is 10.3. The molecule has 0 N–H and O–H groups in total. The van der Waals surface area contributed by atoms with E-state index < -0.39 is 0 Å².